The molecule has 1 fully saturated rings. The molecule has 110 valence electrons. The summed E-state index contributed by atoms with van der Waals surface area (Å²) in [5, 5.41) is 9.45. The van der Waals surface area contributed by atoms with Gasteiger partial charge in [-0.25, -0.2) is 0 Å². The smallest absolute Gasteiger partial charge is 0.303 e. The number of carboxylic acid groups (broad SMARTS) is 1. The number of carboxylic acids is 1. The first-order chi connectivity index (χ1) is 9.58. The first-order valence-corrected chi connectivity index (χ1v) is 7.68. The van der Waals surface area contributed by atoms with Gasteiger partial charge in [0.1, 0.15) is 0 Å². The number of rotatable bonds is 8. The number of aliphatic carboxylic acids is 1. The average molecular weight is 296 g/mol. The average Bonchev–Trinajstić information content (AvgIpc) is 3.23. The van der Waals surface area contributed by atoms with Crippen molar-refractivity contribution in [2.45, 2.75) is 51.1 Å². The van der Waals surface area contributed by atoms with Crippen LogP contribution in [-0.4, -0.2) is 28.6 Å². The molecule has 0 saturated heterocycles. The Morgan fingerprint density at radius 3 is 2.55 bits per heavy atom. The van der Waals surface area contributed by atoms with Crippen molar-refractivity contribution in [1.29, 1.82) is 0 Å². The van der Waals surface area contributed by atoms with Crippen LogP contribution in [0, 0.1) is 0 Å². The number of carbonyl (C=O) groups is 1. The van der Waals surface area contributed by atoms with E-state index >= 15 is 0 Å². The molecule has 1 aliphatic rings. The van der Waals surface area contributed by atoms with Crippen LogP contribution in [0.2, 0.25) is 5.02 Å². The maximum absolute atomic E-state index is 10.6. The molecule has 1 atom stereocenters. The predicted octanol–water partition coefficient (Wildman–Crippen LogP) is 4.12. The van der Waals surface area contributed by atoms with E-state index in [9.17, 15) is 4.79 Å². The highest BCUT2D eigenvalue weighted by Gasteiger charge is 2.32. The normalized spacial score (nSPS) is 16.4. The second kappa shape index (κ2) is 7.09. The molecule has 1 saturated carbocycles. The fourth-order valence-electron chi connectivity index (χ4n) is 2.60. The fraction of sp³-hybridized carbons (Fsp3) is 0.562. The zero-order valence-corrected chi connectivity index (χ0v) is 12.6. The SMILES string of the molecule is CC(c1ccc(Cl)cc1)N(CCCCC(=O)O)C1CC1. The van der Waals surface area contributed by atoms with E-state index in [0.717, 1.165) is 24.4 Å². The Morgan fingerprint density at radius 1 is 1.35 bits per heavy atom. The van der Waals surface area contributed by atoms with Gasteiger partial charge in [0.2, 0.25) is 0 Å². The Balaban J connectivity index is 1.90. The van der Waals surface area contributed by atoms with Crippen molar-refractivity contribution < 1.29 is 9.90 Å². The monoisotopic (exact) mass is 295 g/mol. The lowest BCUT2D eigenvalue weighted by Crippen LogP contribution is -2.30. The van der Waals surface area contributed by atoms with Gasteiger partial charge in [0, 0.05) is 23.5 Å². The summed E-state index contributed by atoms with van der Waals surface area (Å²) >= 11 is 5.93. The van der Waals surface area contributed by atoms with Gasteiger partial charge in [0.15, 0.2) is 0 Å². The number of halogens is 1. The highest BCUT2D eigenvalue weighted by atomic mass is 35.5. The third-order valence-corrected chi connectivity index (χ3v) is 4.17. The molecule has 0 radical (unpaired) electrons. The molecule has 1 aromatic carbocycles. The van der Waals surface area contributed by atoms with E-state index < -0.39 is 5.97 Å². The summed E-state index contributed by atoms with van der Waals surface area (Å²) in [5.74, 6) is -0.700. The highest BCUT2D eigenvalue weighted by molar-refractivity contribution is 6.30. The summed E-state index contributed by atoms with van der Waals surface area (Å²) in [6.07, 6.45) is 4.49. The molecule has 0 aliphatic heterocycles. The van der Waals surface area contributed by atoms with Crippen molar-refractivity contribution in [2.24, 2.45) is 0 Å². The van der Waals surface area contributed by atoms with Crippen molar-refractivity contribution in [2.75, 3.05) is 6.54 Å². The highest BCUT2D eigenvalue weighted by Crippen LogP contribution is 2.34. The van der Waals surface area contributed by atoms with Gasteiger partial charge >= 0.3 is 5.97 Å². The Kier molecular flexibility index (Phi) is 5.44. The van der Waals surface area contributed by atoms with Gasteiger partial charge in [0.05, 0.1) is 0 Å². The zero-order chi connectivity index (χ0) is 14.5. The van der Waals surface area contributed by atoms with Crippen LogP contribution >= 0.6 is 11.6 Å². The molecule has 1 unspecified atom stereocenters. The van der Waals surface area contributed by atoms with E-state index in [2.05, 4.69) is 24.0 Å². The Labute approximate surface area is 125 Å². The van der Waals surface area contributed by atoms with Gasteiger partial charge in [-0.15, -0.1) is 0 Å². The van der Waals surface area contributed by atoms with Gasteiger partial charge in [0.25, 0.3) is 0 Å². The van der Waals surface area contributed by atoms with Crippen LogP contribution in [-0.2, 0) is 4.79 Å². The second-order valence-electron chi connectivity index (χ2n) is 5.55. The maximum Gasteiger partial charge on any atom is 0.303 e. The number of hydrogen-bond acceptors (Lipinski definition) is 2. The molecule has 1 N–H and O–H groups in total. The van der Waals surface area contributed by atoms with Crippen LogP contribution in [0.3, 0.4) is 0 Å². The molecule has 1 aromatic rings. The zero-order valence-electron chi connectivity index (χ0n) is 11.9. The molecule has 4 heteroatoms. The summed E-state index contributed by atoms with van der Waals surface area (Å²) in [7, 11) is 0. The Bertz CT molecular complexity index is 442. The molecule has 3 nitrogen and oxygen atoms in total. The predicted molar refractivity (Wildman–Crippen MR) is 81.1 cm³/mol. The van der Waals surface area contributed by atoms with Crippen LogP contribution in [0.25, 0.3) is 0 Å². The molecular formula is C16H22ClNO2. The first-order valence-electron chi connectivity index (χ1n) is 7.31. The Morgan fingerprint density at radius 2 is 2.00 bits per heavy atom. The van der Waals surface area contributed by atoms with Crippen LogP contribution in [0.4, 0.5) is 0 Å². The molecular weight excluding hydrogens is 274 g/mol. The van der Waals surface area contributed by atoms with Crippen LogP contribution in [0.15, 0.2) is 24.3 Å². The minimum atomic E-state index is -0.700. The van der Waals surface area contributed by atoms with E-state index in [1.54, 1.807) is 0 Å². The van der Waals surface area contributed by atoms with Crippen LogP contribution in [0.1, 0.15) is 50.6 Å². The van der Waals surface area contributed by atoms with Crippen molar-refractivity contribution in [3.8, 4) is 0 Å². The molecule has 20 heavy (non-hydrogen) atoms. The van der Waals surface area contributed by atoms with Gasteiger partial charge in [-0.05, 0) is 56.8 Å². The summed E-state index contributed by atoms with van der Waals surface area (Å²) in [6.45, 7) is 3.19. The molecule has 0 bridgehead atoms. The van der Waals surface area contributed by atoms with Gasteiger partial charge in [-0.3, -0.25) is 9.69 Å². The summed E-state index contributed by atoms with van der Waals surface area (Å²) in [6, 6.07) is 9.07. The molecule has 0 aromatic heterocycles. The molecule has 0 amide bonds. The largest absolute Gasteiger partial charge is 0.481 e. The second-order valence-corrected chi connectivity index (χ2v) is 5.98. The van der Waals surface area contributed by atoms with Crippen LogP contribution in [0.5, 0.6) is 0 Å². The van der Waals surface area contributed by atoms with Crippen LogP contribution < -0.4 is 0 Å². The van der Waals surface area contributed by atoms with Crippen molar-refractivity contribution in [1.82, 2.24) is 4.90 Å². The van der Waals surface area contributed by atoms with E-state index in [4.69, 9.17) is 16.7 Å². The Hall–Kier alpha value is -1.06. The van der Waals surface area contributed by atoms with E-state index in [1.807, 2.05) is 12.1 Å². The van der Waals surface area contributed by atoms with Gasteiger partial charge < -0.3 is 5.11 Å². The number of hydrogen-bond donors (Lipinski definition) is 1. The van der Waals surface area contributed by atoms with Crippen molar-refractivity contribution >= 4 is 17.6 Å². The molecule has 1 aliphatic carbocycles. The minimum absolute atomic E-state index is 0.272. The standard InChI is InChI=1S/C16H22ClNO2/c1-12(13-5-7-14(17)8-6-13)18(15-9-10-15)11-3-2-4-16(19)20/h5-8,12,15H,2-4,9-11H2,1H3,(H,19,20). The number of nitrogens with zero attached hydrogens (tertiary/aromatic N) is 1. The third-order valence-electron chi connectivity index (χ3n) is 3.92. The lowest BCUT2D eigenvalue weighted by atomic mass is 10.1. The lowest BCUT2D eigenvalue weighted by Gasteiger charge is -2.29. The molecule has 2 rings (SSSR count). The van der Waals surface area contributed by atoms with Gasteiger partial charge in [-0.2, -0.15) is 0 Å². The number of benzene rings is 1. The quantitative estimate of drug-likeness (QED) is 0.733. The summed E-state index contributed by atoms with van der Waals surface area (Å²) < 4.78 is 0. The van der Waals surface area contributed by atoms with E-state index in [1.165, 1.54) is 18.4 Å². The minimum Gasteiger partial charge on any atom is -0.481 e. The maximum atomic E-state index is 10.6. The van der Waals surface area contributed by atoms with E-state index in [-0.39, 0.29) is 6.42 Å². The molecule has 0 heterocycles. The van der Waals surface area contributed by atoms with Gasteiger partial charge in [-0.1, -0.05) is 23.7 Å². The fourth-order valence-corrected chi connectivity index (χ4v) is 2.73. The lowest BCUT2D eigenvalue weighted by molar-refractivity contribution is -0.137. The van der Waals surface area contributed by atoms with Crippen molar-refractivity contribution in [3.05, 3.63) is 34.9 Å². The number of unbranched alkanes of at least 4 members (excludes halogenated alkanes) is 1. The summed E-state index contributed by atoms with van der Waals surface area (Å²) in [5.41, 5.74) is 1.28. The van der Waals surface area contributed by atoms with E-state index in [0.29, 0.717) is 12.1 Å². The third kappa shape index (κ3) is 4.50. The topological polar surface area (TPSA) is 40.5 Å². The first kappa shape index (κ1) is 15.3. The van der Waals surface area contributed by atoms with Crippen molar-refractivity contribution in [3.63, 3.8) is 0 Å². The molecule has 0 spiro atoms. The summed E-state index contributed by atoms with van der Waals surface area (Å²) in [4.78, 5) is 13.1.